The summed E-state index contributed by atoms with van der Waals surface area (Å²) >= 11 is 3.40. The lowest BCUT2D eigenvalue weighted by Gasteiger charge is -2.27. The third-order valence-corrected chi connectivity index (χ3v) is 4.60. The highest BCUT2D eigenvalue weighted by Gasteiger charge is 2.35. The number of halogens is 1. The molecular formula is C15H18BrNO4. The molecule has 114 valence electrons. The van der Waals surface area contributed by atoms with Gasteiger partial charge in [0.15, 0.2) is 0 Å². The van der Waals surface area contributed by atoms with Crippen molar-refractivity contribution >= 4 is 27.8 Å². The number of hydrogen-bond acceptors (Lipinski definition) is 3. The second kappa shape index (κ2) is 6.93. The molecule has 21 heavy (non-hydrogen) atoms. The fraction of sp³-hybridized carbons (Fsp3) is 0.467. The van der Waals surface area contributed by atoms with E-state index in [1.807, 2.05) is 12.1 Å². The first-order valence-corrected chi connectivity index (χ1v) is 7.88. The summed E-state index contributed by atoms with van der Waals surface area (Å²) in [5.74, 6) is -0.0163. The van der Waals surface area contributed by atoms with E-state index in [4.69, 9.17) is 9.84 Å². The molecule has 1 heterocycles. The van der Waals surface area contributed by atoms with Gasteiger partial charge in [-0.05, 0) is 23.6 Å². The second-order valence-electron chi connectivity index (χ2n) is 5.16. The SMILES string of the molecule is COc1cccc(C(CC(=O)O)N2CC(CBr)CC2=O)c1. The van der Waals surface area contributed by atoms with Crippen molar-refractivity contribution in [2.45, 2.75) is 18.9 Å². The number of rotatable bonds is 6. The lowest BCUT2D eigenvalue weighted by molar-refractivity contribution is -0.139. The molecule has 0 saturated carbocycles. The minimum absolute atomic E-state index is 0.00789. The van der Waals surface area contributed by atoms with Gasteiger partial charge < -0.3 is 14.7 Å². The fourth-order valence-electron chi connectivity index (χ4n) is 2.64. The molecule has 1 amide bonds. The van der Waals surface area contributed by atoms with Crippen LogP contribution in [0.15, 0.2) is 24.3 Å². The number of methoxy groups -OCH3 is 1. The number of likely N-dealkylation sites (tertiary alicyclic amines) is 1. The van der Waals surface area contributed by atoms with Crippen LogP contribution in [0.25, 0.3) is 0 Å². The molecule has 0 aliphatic carbocycles. The summed E-state index contributed by atoms with van der Waals surface area (Å²) in [5, 5.41) is 9.91. The molecule has 5 nitrogen and oxygen atoms in total. The number of amides is 1. The van der Waals surface area contributed by atoms with Crippen LogP contribution < -0.4 is 4.74 Å². The van der Waals surface area contributed by atoms with Gasteiger partial charge in [0.1, 0.15) is 5.75 Å². The number of alkyl halides is 1. The van der Waals surface area contributed by atoms with E-state index >= 15 is 0 Å². The largest absolute Gasteiger partial charge is 0.497 e. The van der Waals surface area contributed by atoms with E-state index in [2.05, 4.69) is 15.9 Å². The molecule has 1 fully saturated rings. The summed E-state index contributed by atoms with van der Waals surface area (Å²) in [6.45, 7) is 0.583. The number of benzene rings is 1. The Labute approximate surface area is 132 Å². The van der Waals surface area contributed by atoms with Crippen molar-refractivity contribution in [3.63, 3.8) is 0 Å². The molecule has 1 aliphatic heterocycles. The second-order valence-corrected chi connectivity index (χ2v) is 5.81. The van der Waals surface area contributed by atoms with Crippen LogP contribution in [0.3, 0.4) is 0 Å². The maximum Gasteiger partial charge on any atom is 0.305 e. The van der Waals surface area contributed by atoms with E-state index < -0.39 is 12.0 Å². The normalized spacial score (nSPS) is 19.6. The van der Waals surface area contributed by atoms with Crippen molar-refractivity contribution in [3.8, 4) is 5.75 Å². The summed E-state index contributed by atoms with van der Waals surface area (Å²) in [7, 11) is 1.56. The zero-order chi connectivity index (χ0) is 15.4. The van der Waals surface area contributed by atoms with Gasteiger partial charge in [-0.1, -0.05) is 28.1 Å². The van der Waals surface area contributed by atoms with Crippen LogP contribution in [0.1, 0.15) is 24.4 Å². The van der Waals surface area contributed by atoms with Crippen molar-refractivity contribution < 1.29 is 19.4 Å². The Morgan fingerprint density at radius 2 is 2.33 bits per heavy atom. The number of ether oxygens (including phenoxy) is 1. The summed E-state index contributed by atoms with van der Waals surface area (Å²) in [6, 6.07) is 6.79. The quantitative estimate of drug-likeness (QED) is 0.796. The zero-order valence-electron chi connectivity index (χ0n) is 11.8. The lowest BCUT2D eigenvalue weighted by Crippen LogP contribution is -2.32. The molecule has 0 aromatic heterocycles. The number of carboxylic acids is 1. The molecule has 2 unspecified atom stereocenters. The van der Waals surface area contributed by atoms with Crippen molar-refractivity contribution in [3.05, 3.63) is 29.8 Å². The number of aliphatic carboxylic acids is 1. The maximum absolute atomic E-state index is 12.2. The smallest absolute Gasteiger partial charge is 0.305 e. The number of carbonyl (C=O) groups excluding carboxylic acids is 1. The Morgan fingerprint density at radius 1 is 1.57 bits per heavy atom. The summed E-state index contributed by atoms with van der Waals surface area (Å²) < 4.78 is 5.18. The lowest BCUT2D eigenvalue weighted by atomic mass is 10.0. The molecule has 1 aliphatic rings. The summed E-state index contributed by atoms with van der Waals surface area (Å²) in [4.78, 5) is 25.0. The monoisotopic (exact) mass is 355 g/mol. The highest BCUT2D eigenvalue weighted by atomic mass is 79.9. The van der Waals surface area contributed by atoms with Gasteiger partial charge in [-0.2, -0.15) is 0 Å². The Kier molecular flexibility index (Phi) is 5.22. The molecule has 1 saturated heterocycles. The third-order valence-electron chi connectivity index (χ3n) is 3.68. The number of nitrogens with zero attached hydrogens (tertiary/aromatic N) is 1. The number of carboxylic acid groups (broad SMARTS) is 1. The third kappa shape index (κ3) is 3.75. The van der Waals surface area contributed by atoms with Gasteiger partial charge in [-0.15, -0.1) is 0 Å². The van der Waals surface area contributed by atoms with E-state index in [-0.39, 0.29) is 18.2 Å². The molecule has 2 rings (SSSR count). The highest BCUT2D eigenvalue weighted by Crippen LogP contribution is 2.33. The molecule has 1 aromatic rings. The van der Waals surface area contributed by atoms with Crippen LogP contribution >= 0.6 is 15.9 Å². The minimum atomic E-state index is -0.919. The van der Waals surface area contributed by atoms with E-state index in [0.29, 0.717) is 18.7 Å². The predicted molar refractivity (Wildman–Crippen MR) is 81.6 cm³/mol. The fourth-order valence-corrected chi connectivity index (χ4v) is 3.07. The van der Waals surface area contributed by atoms with E-state index in [0.717, 1.165) is 10.9 Å². The van der Waals surface area contributed by atoms with Crippen LogP contribution in [-0.4, -0.2) is 40.9 Å². The average Bonchev–Trinajstić information content (AvgIpc) is 2.85. The predicted octanol–water partition coefficient (Wildman–Crippen LogP) is 2.45. The average molecular weight is 356 g/mol. The van der Waals surface area contributed by atoms with Crippen LogP contribution in [0.4, 0.5) is 0 Å². The van der Waals surface area contributed by atoms with Crippen molar-refractivity contribution in [1.29, 1.82) is 0 Å². The minimum Gasteiger partial charge on any atom is -0.497 e. The number of hydrogen-bond donors (Lipinski definition) is 1. The van der Waals surface area contributed by atoms with Gasteiger partial charge in [-0.3, -0.25) is 9.59 Å². The molecule has 0 spiro atoms. The van der Waals surface area contributed by atoms with Crippen molar-refractivity contribution in [1.82, 2.24) is 4.90 Å². The Hall–Kier alpha value is -1.56. The van der Waals surface area contributed by atoms with Gasteiger partial charge in [0.05, 0.1) is 19.6 Å². The molecule has 0 bridgehead atoms. The molecule has 0 radical (unpaired) electrons. The van der Waals surface area contributed by atoms with E-state index in [1.54, 1.807) is 24.1 Å². The standard InChI is InChI=1S/C15H18BrNO4/c1-21-12-4-2-3-11(6-12)13(7-15(19)20)17-9-10(8-16)5-14(17)18/h2-4,6,10,13H,5,7-9H2,1H3,(H,19,20). The van der Waals surface area contributed by atoms with Crippen LogP contribution in [0.5, 0.6) is 5.75 Å². The van der Waals surface area contributed by atoms with E-state index in [9.17, 15) is 9.59 Å². The summed E-state index contributed by atoms with van der Waals surface area (Å²) in [5.41, 5.74) is 0.792. The molecular weight excluding hydrogens is 338 g/mol. The van der Waals surface area contributed by atoms with Crippen LogP contribution in [0.2, 0.25) is 0 Å². The Bertz CT molecular complexity index is 534. The first-order chi connectivity index (χ1) is 10.0. The van der Waals surface area contributed by atoms with Crippen LogP contribution in [0, 0.1) is 5.92 Å². The van der Waals surface area contributed by atoms with Crippen molar-refractivity contribution in [2.75, 3.05) is 19.0 Å². The van der Waals surface area contributed by atoms with Gasteiger partial charge in [0, 0.05) is 18.3 Å². The topological polar surface area (TPSA) is 66.8 Å². The van der Waals surface area contributed by atoms with E-state index in [1.165, 1.54) is 0 Å². The van der Waals surface area contributed by atoms with Gasteiger partial charge in [0.2, 0.25) is 5.91 Å². The highest BCUT2D eigenvalue weighted by molar-refractivity contribution is 9.09. The molecule has 6 heteroatoms. The molecule has 1 aromatic carbocycles. The van der Waals surface area contributed by atoms with Gasteiger partial charge in [-0.25, -0.2) is 0 Å². The first-order valence-electron chi connectivity index (χ1n) is 6.76. The van der Waals surface area contributed by atoms with Gasteiger partial charge in [0.25, 0.3) is 0 Å². The van der Waals surface area contributed by atoms with Crippen molar-refractivity contribution in [2.24, 2.45) is 5.92 Å². The molecule has 1 N–H and O–H groups in total. The Balaban J connectivity index is 2.29. The Morgan fingerprint density at radius 3 is 2.90 bits per heavy atom. The molecule has 2 atom stereocenters. The number of carbonyl (C=O) groups is 2. The van der Waals surface area contributed by atoms with Crippen LogP contribution in [-0.2, 0) is 9.59 Å². The summed E-state index contributed by atoms with van der Waals surface area (Å²) in [6.07, 6.45) is 0.360. The van der Waals surface area contributed by atoms with Gasteiger partial charge >= 0.3 is 5.97 Å². The maximum atomic E-state index is 12.2. The zero-order valence-corrected chi connectivity index (χ0v) is 13.4. The first kappa shape index (κ1) is 15.8.